The number of pyridine rings is 1. The molecule has 0 spiro atoms. The molecule has 0 amide bonds. The first kappa shape index (κ1) is 9.02. The number of hydrogen-bond acceptors (Lipinski definition) is 2. The number of carbonyl (C=O) groups is 1. The van der Waals surface area contributed by atoms with Crippen molar-refractivity contribution in [2.75, 3.05) is 0 Å². The van der Waals surface area contributed by atoms with Crippen LogP contribution in [0.5, 0.6) is 0 Å². The van der Waals surface area contributed by atoms with Crippen LogP contribution in [-0.2, 0) is 11.3 Å². The van der Waals surface area contributed by atoms with Crippen LogP contribution in [0.4, 0.5) is 0 Å². The average Bonchev–Trinajstić information content (AvgIpc) is 2.49. The predicted octanol–water partition coefficient (Wildman–Crippen LogP) is 1.77. The van der Waals surface area contributed by atoms with Gasteiger partial charge in [0.15, 0.2) is 0 Å². The van der Waals surface area contributed by atoms with Crippen LogP contribution in [-0.4, -0.2) is 20.6 Å². The van der Waals surface area contributed by atoms with E-state index in [4.69, 9.17) is 16.7 Å². The van der Waals surface area contributed by atoms with Crippen molar-refractivity contribution in [2.24, 2.45) is 0 Å². The van der Waals surface area contributed by atoms with E-state index in [9.17, 15) is 4.79 Å². The van der Waals surface area contributed by atoms with E-state index in [1.807, 2.05) is 0 Å². The average molecular weight is 211 g/mol. The maximum absolute atomic E-state index is 10.5. The molecule has 0 aliphatic carbocycles. The number of hydrogen-bond donors (Lipinski definition) is 1. The fourth-order valence-electron chi connectivity index (χ4n) is 1.37. The second-order valence-corrected chi connectivity index (χ2v) is 3.23. The lowest BCUT2D eigenvalue weighted by molar-refractivity contribution is -0.137. The summed E-state index contributed by atoms with van der Waals surface area (Å²) in [5, 5.41) is 9.81. The summed E-state index contributed by atoms with van der Waals surface area (Å²) in [5.41, 5.74) is 0.785. The molecular weight excluding hydrogens is 204 g/mol. The first-order valence-corrected chi connectivity index (χ1v) is 4.37. The Hall–Kier alpha value is -1.55. The summed E-state index contributed by atoms with van der Waals surface area (Å²) in [5.74, 6) is -0.879. The summed E-state index contributed by atoms with van der Waals surface area (Å²) in [6.45, 7) is -0.0656. The summed E-state index contributed by atoms with van der Waals surface area (Å²) in [6, 6.07) is 3.50. The molecule has 0 aromatic carbocycles. The van der Waals surface area contributed by atoms with E-state index in [0.717, 1.165) is 10.9 Å². The lowest BCUT2D eigenvalue weighted by Gasteiger charge is -2.00. The van der Waals surface area contributed by atoms with Gasteiger partial charge < -0.3 is 9.67 Å². The third kappa shape index (κ3) is 1.44. The van der Waals surface area contributed by atoms with Gasteiger partial charge in [-0.05, 0) is 12.1 Å². The maximum atomic E-state index is 10.5. The molecule has 2 aromatic rings. The Balaban J connectivity index is 2.58. The number of nitrogens with zero attached hydrogens (tertiary/aromatic N) is 2. The van der Waals surface area contributed by atoms with Crippen molar-refractivity contribution in [3.63, 3.8) is 0 Å². The zero-order valence-corrected chi connectivity index (χ0v) is 7.90. The van der Waals surface area contributed by atoms with Crippen molar-refractivity contribution in [2.45, 2.75) is 6.54 Å². The largest absolute Gasteiger partial charge is 0.480 e. The fourth-order valence-corrected chi connectivity index (χ4v) is 1.59. The van der Waals surface area contributed by atoms with E-state index in [1.165, 1.54) is 0 Å². The summed E-state index contributed by atoms with van der Waals surface area (Å²) in [7, 11) is 0. The van der Waals surface area contributed by atoms with Crippen LogP contribution in [0.3, 0.4) is 0 Å². The number of fused-ring (bicyclic) bond motifs is 1. The summed E-state index contributed by atoms with van der Waals surface area (Å²) < 4.78 is 1.62. The SMILES string of the molecule is O=C(O)Cn1ccc2c(Cl)nccc21. The molecule has 4 nitrogen and oxygen atoms in total. The Morgan fingerprint density at radius 3 is 3.07 bits per heavy atom. The number of carboxylic acids is 1. The van der Waals surface area contributed by atoms with Crippen LogP contribution in [0.2, 0.25) is 5.15 Å². The van der Waals surface area contributed by atoms with E-state index in [1.54, 1.807) is 29.1 Å². The molecule has 72 valence electrons. The first-order valence-electron chi connectivity index (χ1n) is 3.99. The molecule has 14 heavy (non-hydrogen) atoms. The van der Waals surface area contributed by atoms with Gasteiger partial charge in [0.2, 0.25) is 0 Å². The molecule has 5 heteroatoms. The molecule has 2 aromatic heterocycles. The van der Waals surface area contributed by atoms with E-state index >= 15 is 0 Å². The van der Waals surface area contributed by atoms with Crippen molar-refractivity contribution in [1.82, 2.24) is 9.55 Å². The molecule has 0 atom stereocenters. The van der Waals surface area contributed by atoms with Crippen molar-refractivity contribution in [3.05, 3.63) is 29.7 Å². The van der Waals surface area contributed by atoms with Gasteiger partial charge in [0.05, 0.1) is 5.52 Å². The molecular formula is C9H7ClN2O2. The van der Waals surface area contributed by atoms with Gasteiger partial charge in [0.1, 0.15) is 11.7 Å². The van der Waals surface area contributed by atoms with Crippen LogP contribution in [0.1, 0.15) is 0 Å². The highest BCUT2D eigenvalue weighted by Gasteiger charge is 2.06. The van der Waals surface area contributed by atoms with Crippen molar-refractivity contribution >= 4 is 28.5 Å². The van der Waals surface area contributed by atoms with Crippen LogP contribution in [0.25, 0.3) is 10.9 Å². The smallest absolute Gasteiger partial charge is 0.323 e. The zero-order chi connectivity index (χ0) is 10.1. The molecule has 2 rings (SSSR count). The Labute approximate surface area is 84.7 Å². The zero-order valence-electron chi connectivity index (χ0n) is 7.14. The van der Waals surface area contributed by atoms with E-state index < -0.39 is 5.97 Å². The summed E-state index contributed by atoms with van der Waals surface area (Å²) in [4.78, 5) is 14.4. The van der Waals surface area contributed by atoms with E-state index in [0.29, 0.717) is 5.15 Å². The topological polar surface area (TPSA) is 55.1 Å². The van der Waals surface area contributed by atoms with Crippen molar-refractivity contribution in [1.29, 1.82) is 0 Å². The fraction of sp³-hybridized carbons (Fsp3) is 0.111. The third-order valence-electron chi connectivity index (χ3n) is 1.95. The van der Waals surface area contributed by atoms with Crippen molar-refractivity contribution < 1.29 is 9.90 Å². The van der Waals surface area contributed by atoms with Crippen LogP contribution in [0, 0.1) is 0 Å². The maximum Gasteiger partial charge on any atom is 0.323 e. The molecule has 0 aliphatic heterocycles. The lowest BCUT2D eigenvalue weighted by atomic mass is 10.3. The van der Waals surface area contributed by atoms with Gasteiger partial charge in [0.25, 0.3) is 0 Å². The van der Waals surface area contributed by atoms with E-state index in [2.05, 4.69) is 4.98 Å². The number of halogens is 1. The molecule has 0 saturated heterocycles. The van der Waals surface area contributed by atoms with Crippen LogP contribution >= 0.6 is 11.6 Å². The first-order chi connectivity index (χ1) is 6.68. The monoisotopic (exact) mass is 210 g/mol. The van der Waals surface area contributed by atoms with Gasteiger partial charge in [0, 0.05) is 17.8 Å². The van der Waals surface area contributed by atoms with Crippen molar-refractivity contribution in [3.8, 4) is 0 Å². The summed E-state index contributed by atoms with van der Waals surface area (Å²) >= 11 is 5.84. The van der Waals surface area contributed by atoms with E-state index in [-0.39, 0.29) is 6.54 Å². The molecule has 0 bridgehead atoms. The van der Waals surface area contributed by atoms with Gasteiger partial charge in [-0.3, -0.25) is 4.79 Å². The lowest BCUT2D eigenvalue weighted by Crippen LogP contribution is -2.07. The minimum absolute atomic E-state index is 0.0656. The Morgan fingerprint density at radius 1 is 1.57 bits per heavy atom. The number of aromatic nitrogens is 2. The normalized spacial score (nSPS) is 10.6. The standard InChI is InChI=1S/C9H7ClN2O2/c10-9-6-2-4-12(5-8(13)14)7(6)1-3-11-9/h1-4H,5H2,(H,13,14). The van der Waals surface area contributed by atoms with Crippen LogP contribution < -0.4 is 0 Å². The highest BCUT2D eigenvalue weighted by Crippen LogP contribution is 2.21. The van der Waals surface area contributed by atoms with Gasteiger partial charge in [-0.2, -0.15) is 0 Å². The van der Waals surface area contributed by atoms with Gasteiger partial charge in [-0.25, -0.2) is 4.98 Å². The predicted molar refractivity (Wildman–Crippen MR) is 52.4 cm³/mol. The number of aliphatic carboxylic acids is 1. The Morgan fingerprint density at radius 2 is 2.36 bits per heavy atom. The Bertz CT molecular complexity index is 493. The number of rotatable bonds is 2. The summed E-state index contributed by atoms with van der Waals surface area (Å²) in [6.07, 6.45) is 3.25. The second kappa shape index (κ2) is 3.31. The highest BCUT2D eigenvalue weighted by molar-refractivity contribution is 6.34. The molecule has 1 N–H and O–H groups in total. The highest BCUT2D eigenvalue weighted by atomic mass is 35.5. The third-order valence-corrected chi connectivity index (χ3v) is 2.26. The minimum atomic E-state index is -0.879. The molecule has 0 radical (unpaired) electrons. The van der Waals surface area contributed by atoms with Crippen LogP contribution in [0.15, 0.2) is 24.5 Å². The quantitative estimate of drug-likeness (QED) is 0.769. The molecule has 0 aliphatic rings. The molecule has 0 fully saturated rings. The van der Waals surface area contributed by atoms with Gasteiger partial charge >= 0.3 is 5.97 Å². The van der Waals surface area contributed by atoms with Gasteiger partial charge in [-0.1, -0.05) is 11.6 Å². The van der Waals surface area contributed by atoms with Gasteiger partial charge in [-0.15, -0.1) is 0 Å². The second-order valence-electron chi connectivity index (χ2n) is 2.87. The molecule has 2 heterocycles. The number of carboxylic acid groups (broad SMARTS) is 1. The Kier molecular flexibility index (Phi) is 2.13. The minimum Gasteiger partial charge on any atom is -0.480 e. The molecule has 0 saturated carbocycles. The molecule has 0 unspecified atom stereocenters.